The van der Waals surface area contributed by atoms with Crippen LogP contribution >= 0.6 is 23.4 Å². The first-order valence-corrected chi connectivity index (χ1v) is 13.7. The lowest BCUT2D eigenvalue weighted by atomic mass is 10.1. The molecule has 1 saturated heterocycles. The molecule has 5 nitrogen and oxygen atoms in total. The predicted molar refractivity (Wildman–Crippen MR) is 146 cm³/mol. The molecule has 0 bridgehead atoms. The van der Waals surface area contributed by atoms with Gasteiger partial charge in [0, 0.05) is 22.9 Å². The van der Waals surface area contributed by atoms with Crippen LogP contribution in [0.15, 0.2) is 78.9 Å². The Balaban J connectivity index is 1.51. The molecule has 1 N–H and O–H groups in total. The highest BCUT2D eigenvalue weighted by Gasteiger charge is 2.42. The van der Waals surface area contributed by atoms with Crippen LogP contribution in [-0.2, 0) is 11.4 Å². The number of nitrogens with one attached hydrogen (secondary N) is 1. The number of unbranched alkanes of at least 4 members (excludes halogenated alkanes) is 2. The molecule has 3 aromatic rings. The van der Waals surface area contributed by atoms with Crippen LogP contribution in [0.1, 0.15) is 53.0 Å². The SMILES string of the molecule is CCCCCNC(=O)C1CSC(c2ccc(OCc3ccccc3)cc2)N1C(=O)c1ccc(Cl)cc1. The van der Waals surface area contributed by atoms with E-state index in [1.165, 1.54) is 0 Å². The van der Waals surface area contributed by atoms with Crippen molar-refractivity contribution < 1.29 is 14.3 Å². The van der Waals surface area contributed by atoms with Gasteiger partial charge in [0.15, 0.2) is 0 Å². The van der Waals surface area contributed by atoms with E-state index in [1.54, 1.807) is 40.9 Å². The van der Waals surface area contributed by atoms with Crippen molar-refractivity contribution in [3.8, 4) is 5.75 Å². The summed E-state index contributed by atoms with van der Waals surface area (Å²) in [4.78, 5) is 28.4. The van der Waals surface area contributed by atoms with Gasteiger partial charge < -0.3 is 15.0 Å². The Kier molecular flexibility index (Phi) is 9.31. The van der Waals surface area contributed by atoms with Crippen LogP contribution in [0.5, 0.6) is 5.75 Å². The van der Waals surface area contributed by atoms with E-state index in [1.807, 2.05) is 54.6 Å². The normalized spacial score (nSPS) is 17.1. The van der Waals surface area contributed by atoms with Crippen LogP contribution in [-0.4, -0.2) is 35.1 Å². The van der Waals surface area contributed by atoms with Gasteiger partial charge in [0.1, 0.15) is 23.8 Å². The number of carbonyl (C=O) groups is 2. The summed E-state index contributed by atoms with van der Waals surface area (Å²) < 4.78 is 5.92. The number of ether oxygens (including phenoxy) is 1. The molecular formula is C29H31ClN2O3S. The molecule has 1 aliphatic heterocycles. The quantitative estimate of drug-likeness (QED) is 0.309. The molecule has 4 rings (SSSR count). The summed E-state index contributed by atoms with van der Waals surface area (Å²) in [7, 11) is 0. The molecular weight excluding hydrogens is 492 g/mol. The lowest BCUT2D eigenvalue weighted by molar-refractivity contribution is -0.124. The molecule has 2 atom stereocenters. The van der Waals surface area contributed by atoms with Crippen molar-refractivity contribution in [1.29, 1.82) is 0 Å². The van der Waals surface area contributed by atoms with E-state index in [-0.39, 0.29) is 17.2 Å². The van der Waals surface area contributed by atoms with Gasteiger partial charge in [-0.15, -0.1) is 11.8 Å². The maximum Gasteiger partial charge on any atom is 0.255 e. The zero-order valence-electron chi connectivity index (χ0n) is 20.4. The molecule has 0 radical (unpaired) electrons. The van der Waals surface area contributed by atoms with E-state index in [0.717, 1.165) is 36.1 Å². The van der Waals surface area contributed by atoms with E-state index >= 15 is 0 Å². The number of halogens is 1. The van der Waals surface area contributed by atoms with Crippen molar-refractivity contribution in [1.82, 2.24) is 10.2 Å². The van der Waals surface area contributed by atoms with Crippen LogP contribution in [0.25, 0.3) is 0 Å². The van der Waals surface area contributed by atoms with Gasteiger partial charge >= 0.3 is 0 Å². The molecule has 2 amide bonds. The Morgan fingerprint density at radius 1 is 1.00 bits per heavy atom. The fraction of sp³-hybridized carbons (Fsp3) is 0.310. The maximum absolute atomic E-state index is 13.6. The van der Waals surface area contributed by atoms with E-state index < -0.39 is 6.04 Å². The third-order valence-electron chi connectivity index (χ3n) is 6.12. The zero-order valence-corrected chi connectivity index (χ0v) is 21.9. The van der Waals surface area contributed by atoms with Crippen LogP contribution in [0.3, 0.4) is 0 Å². The van der Waals surface area contributed by atoms with Crippen molar-refractivity contribution in [3.63, 3.8) is 0 Å². The molecule has 0 aromatic heterocycles. The first-order valence-electron chi connectivity index (χ1n) is 12.3. The second kappa shape index (κ2) is 12.8. The summed E-state index contributed by atoms with van der Waals surface area (Å²) in [6.45, 7) is 3.24. The largest absolute Gasteiger partial charge is 0.489 e. The highest BCUT2D eigenvalue weighted by molar-refractivity contribution is 7.99. The number of hydrogen-bond acceptors (Lipinski definition) is 4. The van der Waals surface area contributed by atoms with Crippen molar-refractivity contribution in [2.75, 3.05) is 12.3 Å². The zero-order chi connectivity index (χ0) is 25.3. The number of hydrogen-bond donors (Lipinski definition) is 1. The number of thioether (sulfide) groups is 1. The smallest absolute Gasteiger partial charge is 0.255 e. The number of amides is 2. The standard InChI is InChI=1S/C29H31ClN2O3S/c1-2-3-7-18-31-27(33)26-20-36-29(32(26)28(34)22-10-14-24(30)15-11-22)23-12-16-25(17-13-23)35-19-21-8-5-4-6-9-21/h4-6,8-17,26,29H,2-3,7,18-20H2,1H3,(H,31,33). The lowest BCUT2D eigenvalue weighted by Gasteiger charge is -2.29. The van der Waals surface area contributed by atoms with Gasteiger partial charge in [-0.2, -0.15) is 0 Å². The van der Waals surface area contributed by atoms with Crippen LogP contribution in [0.2, 0.25) is 5.02 Å². The third kappa shape index (κ3) is 6.62. The topological polar surface area (TPSA) is 58.6 Å². The average molecular weight is 523 g/mol. The summed E-state index contributed by atoms with van der Waals surface area (Å²) >= 11 is 7.64. The van der Waals surface area contributed by atoms with E-state index in [4.69, 9.17) is 16.3 Å². The average Bonchev–Trinajstić information content (AvgIpc) is 3.36. The molecule has 0 spiro atoms. The minimum absolute atomic E-state index is 0.105. The van der Waals surface area contributed by atoms with E-state index in [0.29, 0.717) is 29.5 Å². The minimum Gasteiger partial charge on any atom is -0.489 e. The Morgan fingerprint density at radius 3 is 2.42 bits per heavy atom. The van der Waals surface area contributed by atoms with Crippen molar-refractivity contribution in [2.24, 2.45) is 0 Å². The molecule has 36 heavy (non-hydrogen) atoms. The Morgan fingerprint density at radius 2 is 1.72 bits per heavy atom. The van der Waals surface area contributed by atoms with Crippen LogP contribution < -0.4 is 10.1 Å². The molecule has 3 aromatic carbocycles. The summed E-state index contributed by atoms with van der Waals surface area (Å²) in [5.41, 5.74) is 2.56. The summed E-state index contributed by atoms with van der Waals surface area (Å²) in [6, 6.07) is 24.1. The summed E-state index contributed by atoms with van der Waals surface area (Å²) in [5.74, 6) is 1.01. The van der Waals surface area contributed by atoms with Gasteiger partial charge in [0.2, 0.25) is 5.91 Å². The van der Waals surface area contributed by atoms with Crippen molar-refractivity contribution in [2.45, 2.75) is 44.2 Å². The van der Waals surface area contributed by atoms with Gasteiger partial charge in [-0.25, -0.2) is 0 Å². The van der Waals surface area contributed by atoms with E-state index in [9.17, 15) is 9.59 Å². The molecule has 1 heterocycles. The second-order valence-electron chi connectivity index (χ2n) is 8.76. The minimum atomic E-state index is -0.543. The molecule has 1 fully saturated rings. The van der Waals surface area contributed by atoms with Gasteiger partial charge in [-0.1, -0.05) is 73.8 Å². The first kappa shape index (κ1) is 26.1. The van der Waals surface area contributed by atoms with Gasteiger partial charge in [0.25, 0.3) is 5.91 Å². The Hall–Kier alpha value is -2.96. The molecule has 0 aliphatic carbocycles. The van der Waals surface area contributed by atoms with E-state index in [2.05, 4.69) is 12.2 Å². The molecule has 1 aliphatic rings. The molecule has 188 valence electrons. The molecule has 0 saturated carbocycles. The van der Waals surface area contributed by atoms with Crippen LogP contribution in [0, 0.1) is 0 Å². The monoisotopic (exact) mass is 522 g/mol. The lowest BCUT2D eigenvalue weighted by Crippen LogP contribution is -2.48. The van der Waals surface area contributed by atoms with Gasteiger partial charge in [-0.3, -0.25) is 9.59 Å². The third-order valence-corrected chi connectivity index (χ3v) is 7.70. The molecule has 7 heteroatoms. The second-order valence-corrected chi connectivity index (χ2v) is 10.3. The number of carbonyl (C=O) groups excluding carboxylic acids is 2. The highest BCUT2D eigenvalue weighted by atomic mass is 35.5. The fourth-order valence-corrected chi connectivity index (χ4v) is 5.68. The number of rotatable bonds is 10. The van der Waals surface area contributed by atoms with Gasteiger partial charge in [0.05, 0.1) is 0 Å². The molecule has 2 unspecified atom stereocenters. The Bertz CT molecular complexity index is 1140. The van der Waals surface area contributed by atoms with Crippen LogP contribution in [0.4, 0.5) is 0 Å². The summed E-state index contributed by atoms with van der Waals surface area (Å²) in [5, 5.41) is 3.32. The Labute approximate surface area is 222 Å². The fourth-order valence-electron chi connectivity index (χ4n) is 4.13. The number of nitrogens with zero attached hydrogens (tertiary/aromatic N) is 1. The highest BCUT2D eigenvalue weighted by Crippen LogP contribution is 2.42. The maximum atomic E-state index is 13.6. The van der Waals surface area contributed by atoms with Crippen molar-refractivity contribution in [3.05, 3.63) is 101 Å². The van der Waals surface area contributed by atoms with Crippen molar-refractivity contribution >= 4 is 35.2 Å². The summed E-state index contributed by atoms with van der Waals surface area (Å²) in [6.07, 6.45) is 3.08. The predicted octanol–water partition coefficient (Wildman–Crippen LogP) is 6.48. The first-order chi connectivity index (χ1) is 17.6. The number of benzene rings is 3. The van der Waals surface area contributed by atoms with Gasteiger partial charge in [-0.05, 0) is 53.9 Å².